The fraction of sp³-hybridized carbons (Fsp3) is 0.0714. The molecule has 2 N–H and O–H groups in total. The first-order chi connectivity index (χ1) is 9.47. The zero-order valence-electron chi connectivity index (χ0n) is 10.1. The standard InChI is InChI=1S/C14H10BrFO4/c15-11-5-10(14(18)19)12(17)6-13(11)20-7-8-2-1-3-9(16)4-8/h1-6,17H,7H2,(H,18,19). The van der Waals surface area contributed by atoms with E-state index in [1.807, 2.05) is 0 Å². The van der Waals surface area contributed by atoms with E-state index in [0.717, 1.165) is 0 Å². The number of aromatic hydroxyl groups is 1. The summed E-state index contributed by atoms with van der Waals surface area (Å²) in [6.07, 6.45) is 0. The minimum absolute atomic E-state index is 0.0994. The third kappa shape index (κ3) is 3.27. The van der Waals surface area contributed by atoms with E-state index in [1.54, 1.807) is 12.1 Å². The van der Waals surface area contributed by atoms with E-state index in [-0.39, 0.29) is 23.7 Å². The number of hydrogen-bond donors (Lipinski definition) is 2. The molecule has 0 bridgehead atoms. The Morgan fingerprint density at radius 1 is 1.30 bits per heavy atom. The molecule has 0 saturated heterocycles. The molecule has 0 heterocycles. The van der Waals surface area contributed by atoms with Crippen molar-refractivity contribution in [2.75, 3.05) is 0 Å². The molecule has 2 aromatic rings. The van der Waals surface area contributed by atoms with Crippen molar-refractivity contribution < 1.29 is 24.1 Å². The van der Waals surface area contributed by atoms with E-state index < -0.39 is 11.7 Å². The van der Waals surface area contributed by atoms with Crippen LogP contribution in [0.3, 0.4) is 0 Å². The van der Waals surface area contributed by atoms with Crippen LogP contribution in [0.1, 0.15) is 15.9 Å². The number of phenols is 1. The second-order valence-electron chi connectivity index (χ2n) is 4.02. The van der Waals surface area contributed by atoms with Crippen molar-refractivity contribution in [3.8, 4) is 11.5 Å². The van der Waals surface area contributed by atoms with Crippen LogP contribution in [0.25, 0.3) is 0 Å². The van der Waals surface area contributed by atoms with Crippen LogP contribution < -0.4 is 4.74 Å². The molecule has 0 amide bonds. The number of rotatable bonds is 4. The SMILES string of the molecule is O=C(O)c1cc(Br)c(OCc2cccc(F)c2)cc1O. The summed E-state index contributed by atoms with van der Waals surface area (Å²) in [6.45, 7) is 0.0994. The lowest BCUT2D eigenvalue weighted by molar-refractivity contribution is 0.0693. The average molecular weight is 341 g/mol. The molecule has 0 spiro atoms. The molecular formula is C14H10BrFO4. The van der Waals surface area contributed by atoms with Gasteiger partial charge in [-0.05, 0) is 39.7 Å². The third-order valence-corrected chi connectivity index (χ3v) is 3.18. The zero-order chi connectivity index (χ0) is 14.7. The van der Waals surface area contributed by atoms with Gasteiger partial charge in [0.1, 0.15) is 29.5 Å². The largest absolute Gasteiger partial charge is 0.507 e. The smallest absolute Gasteiger partial charge is 0.339 e. The Hall–Kier alpha value is -2.08. The van der Waals surface area contributed by atoms with Gasteiger partial charge in [-0.1, -0.05) is 12.1 Å². The quantitative estimate of drug-likeness (QED) is 0.892. The topological polar surface area (TPSA) is 66.8 Å². The molecule has 0 aromatic heterocycles. The first-order valence-electron chi connectivity index (χ1n) is 5.60. The summed E-state index contributed by atoms with van der Waals surface area (Å²) in [4.78, 5) is 10.8. The van der Waals surface area contributed by atoms with Crippen LogP contribution in [0.15, 0.2) is 40.9 Å². The van der Waals surface area contributed by atoms with Gasteiger partial charge in [0.2, 0.25) is 0 Å². The van der Waals surface area contributed by atoms with Crippen molar-refractivity contribution in [3.05, 3.63) is 57.8 Å². The van der Waals surface area contributed by atoms with Gasteiger partial charge in [-0.25, -0.2) is 9.18 Å². The molecule has 0 radical (unpaired) electrons. The van der Waals surface area contributed by atoms with Crippen molar-refractivity contribution in [3.63, 3.8) is 0 Å². The summed E-state index contributed by atoms with van der Waals surface area (Å²) in [5, 5.41) is 18.4. The van der Waals surface area contributed by atoms with Crippen LogP contribution in [0.2, 0.25) is 0 Å². The predicted molar refractivity (Wildman–Crippen MR) is 73.5 cm³/mol. The summed E-state index contributed by atoms with van der Waals surface area (Å²) in [6, 6.07) is 8.37. The van der Waals surface area contributed by atoms with E-state index in [4.69, 9.17) is 9.84 Å². The van der Waals surface area contributed by atoms with Gasteiger partial charge < -0.3 is 14.9 Å². The van der Waals surface area contributed by atoms with Crippen LogP contribution >= 0.6 is 15.9 Å². The first kappa shape index (κ1) is 14.3. The molecule has 2 aromatic carbocycles. The highest BCUT2D eigenvalue weighted by Crippen LogP contribution is 2.32. The monoisotopic (exact) mass is 340 g/mol. The Morgan fingerprint density at radius 3 is 2.70 bits per heavy atom. The predicted octanol–water partition coefficient (Wildman–Crippen LogP) is 3.57. The lowest BCUT2D eigenvalue weighted by atomic mass is 10.2. The molecule has 6 heteroatoms. The van der Waals surface area contributed by atoms with Gasteiger partial charge in [0.15, 0.2) is 0 Å². The number of benzene rings is 2. The fourth-order valence-electron chi connectivity index (χ4n) is 1.61. The van der Waals surface area contributed by atoms with Crippen molar-refractivity contribution >= 4 is 21.9 Å². The Balaban J connectivity index is 2.18. The number of hydrogen-bond acceptors (Lipinski definition) is 3. The molecule has 4 nitrogen and oxygen atoms in total. The molecule has 0 fully saturated rings. The molecule has 20 heavy (non-hydrogen) atoms. The summed E-state index contributed by atoms with van der Waals surface area (Å²) >= 11 is 3.16. The van der Waals surface area contributed by atoms with Crippen molar-refractivity contribution in [2.45, 2.75) is 6.61 Å². The normalized spacial score (nSPS) is 10.3. The molecule has 0 saturated carbocycles. The molecule has 2 rings (SSSR count). The van der Waals surface area contributed by atoms with Gasteiger partial charge in [-0.2, -0.15) is 0 Å². The first-order valence-corrected chi connectivity index (χ1v) is 6.39. The highest BCUT2D eigenvalue weighted by atomic mass is 79.9. The second-order valence-corrected chi connectivity index (χ2v) is 4.88. The number of ether oxygens (including phenoxy) is 1. The van der Waals surface area contributed by atoms with E-state index in [2.05, 4.69) is 15.9 Å². The van der Waals surface area contributed by atoms with Crippen molar-refractivity contribution in [1.82, 2.24) is 0 Å². The van der Waals surface area contributed by atoms with E-state index in [9.17, 15) is 14.3 Å². The maximum Gasteiger partial charge on any atom is 0.339 e. The number of carbonyl (C=O) groups is 1. The zero-order valence-corrected chi connectivity index (χ0v) is 11.7. The molecule has 0 aliphatic heterocycles. The third-order valence-electron chi connectivity index (χ3n) is 2.56. The number of carboxylic acids is 1. The highest BCUT2D eigenvalue weighted by Gasteiger charge is 2.14. The molecule has 0 aliphatic rings. The highest BCUT2D eigenvalue weighted by molar-refractivity contribution is 9.10. The number of halogens is 2. The van der Waals surface area contributed by atoms with Crippen molar-refractivity contribution in [1.29, 1.82) is 0 Å². The van der Waals surface area contributed by atoms with Crippen LogP contribution in [0.4, 0.5) is 4.39 Å². The van der Waals surface area contributed by atoms with E-state index in [0.29, 0.717) is 10.0 Å². The van der Waals surface area contributed by atoms with E-state index in [1.165, 1.54) is 24.3 Å². The Kier molecular flexibility index (Phi) is 4.24. The van der Waals surface area contributed by atoms with Gasteiger partial charge in [0.05, 0.1) is 4.47 Å². The number of aromatic carboxylic acids is 1. The minimum Gasteiger partial charge on any atom is -0.507 e. The Bertz CT molecular complexity index is 658. The van der Waals surface area contributed by atoms with Crippen LogP contribution in [0.5, 0.6) is 11.5 Å². The maximum absolute atomic E-state index is 13.0. The van der Waals surface area contributed by atoms with Crippen LogP contribution in [-0.2, 0) is 6.61 Å². The fourth-order valence-corrected chi connectivity index (χ4v) is 2.07. The second kappa shape index (κ2) is 5.92. The Morgan fingerprint density at radius 2 is 2.05 bits per heavy atom. The van der Waals surface area contributed by atoms with Gasteiger partial charge in [-0.15, -0.1) is 0 Å². The lowest BCUT2D eigenvalue weighted by Gasteiger charge is -2.10. The summed E-state index contributed by atoms with van der Waals surface area (Å²) in [5.74, 6) is -1.72. The number of carboxylic acid groups (broad SMARTS) is 1. The van der Waals surface area contributed by atoms with Gasteiger partial charge >= 0.3 is 5.97 Å². The lowest BCUT2D eigenvalue weighted by Crippen LogP contribution is -2.00. The average Bonchev–Trinajstić information content (AvgIpc) is 2.39. The Labute approximate surface area is 122 Å². The van der Waals surface area contributed by atoms with Crippen molar-refractivity contribution in [2.24, 2.45) is 0 Å². The van der Waals surface area contributed by atoms with Crippen LogP contribution in [0, 0.1) is 5.82 Å². The molecule has 0 unspecified atom stereocenters. The molecule has 0 aliphatic carbocycles. The summed E-state index contributed by atoms with van der Waals surface area (Å²) < 4.78 is 18.8. The van der Waals surface area contributed by atoms with Gasteiger partial charge in [0, 0.05) is 6.07 Å². The molecule has 0 atom stereocenters. The van der Waals surface area contributed by atoms with E-state index >= 15 is 0 Å². The molecular weight excluding hydrogens is 331 g/mol. The van der Waals surface area contributed by atoms with Gasteiger partial charge in [-0.3, -0.25) is 0 Å². The summed E-state index contributed by atoms with van der Waals surface area (Å²) in [7, 11) is 0. The maximum atomic E-state index is 13.0. The van der Waals surface area contributed by atoms with Crippen LogP contribution in [-0.4, -0.2) is 16.2 Å². The summed E-state index contributed by atoms with van der Waals surface area (Å²) in [5.41, 5.74) is 0.397. The minimum atomic E-state index is -1.24. The molecule has 104 valence electrons. The van der Waals surface area contributed by atoms with Gasteiger partial charge in [0.25, 0.3) is 0 Å².